The van der Waals surface area contributed by atoms with E-state index in [0.29, 0.717) is 18.4 Å². The average Bonchev–Trinajstić information content (AvgIpc) is 3.15. The molecule has 7 rings (SSSR count). The Morgan fingerprint density at radius 3 is 2.60 bits per heavy atom. The van der Waals surface area contributed by atoms with Crippen LogP contribution in [0.3, 0.4) is 0 Å². The number of amides is 1. The third kappa shape index (κ3) is 5.65. The first-order valence-corrected chi connectivity index (χ1v) is 16.8. The van der Waals surface area contributed by atoms with Crippen LogP contribution in [0.5, 0.6) is 0 Å². The molecule has 5 saturated heterocycles. The second-order valence-corrected chi connectivity index (χ2v) is 13.5. The van der Waals surface area contributed by atoms with E-state index in [1.54, 1.807) is 0 Å². The average molecular weight is 582 g/mol. The number of carbonyl (C=O) groups is 1. The zero-order valence-corrected chi connectivity index (χ0v) is 25.0. The quantitative estimate of drug-likeness (QED) is 0.290. The molecule has 8 atom stereocenters. The van der Waals surface area contributed by atoms with E-state index in [9.17, 15) is 4.79 Å². The van der Waals surface area contributed by atoms with Gasteiger partial charge >= 0.3 is 0 Å². The van der Waals surface area contributed by atoms with E-state index in [1.807, 2.05) is 6.07 Å². The number of ether oxygens (including phenoxy) is 2. The lowest BCUT2D eigenvalue weighted by Crippen LogP contribution is -2.76. The molecule has 232 valence electrons. The minimum Gasteiger partial charge on any atom is -0.379 e. The fraction of sp³-hybridized carbons (Fsp3) is 0.781. The fourth-order valence-electron chi connectivity index (χ4n) is 8.85. The first-order valence-electron chi connectivity index (χ1n) is 16.8. The standard InChI is InChI=1S/C32H51N7O3/c33-26-13-12-22(20-35-26)29(40)36-24-10-5-7-21(19-24)28-37-27-25-11-6-14-34-30(25)42-32(27,23-8-3-1-2-4-9-23)31(38-28)39-15-17-41-18-16-39/h5,7,10,19,22-23,25-28,30-31,34-35,37-38H,1-4,6,8-9,11-18,20,33H2,(H,36,40). The number of anilines is 1. The fourth-order valence-corrected chi connectivity index (χ4v) is 8.85. The van der Waals surface area contributed by atoms with Crippen LogP contribution in [0.1, 0.15) is 75.9 Å². The van der Waals surface area contributed by atoms with Crippen LogP contribution in [-0.2, 0) is 14.3 Å². The van der Waals surface area contributed by atoms with Gasteiger partial charge in [-0.25, -0.2) is 0 Å². The SMILES string of the molecule is NC1CCC(C(=O)Nc2cccc(C3NC4C5CCCNC5OC4(C4CCCCCC4)C(N4CCOCC4)N3)c2)CN1. The van der Waals surface area contributed by atoms with Crippen molar-refractivity contribution in [2.45, 2.75) is 101 Å². The molecule has 6 fully saturated rings. The number of fused-ring (bicyclic) bond motifs is 3. The Balaban J connectivity index is 1.19. The van der Waals surface area contributed by atoms with Crippen molar-refractivity contribution in [3.8, 4) is 0 Å². The minimum absolute atomic E-state index is 0.0103. The molecular formula is C32H51N7O3. The van der Waals surface area contributed by atoms with Crippen LogP contribution in [0.2, 0.25) is 0 Å². The molecule has 42 heavy (non-hydrogen) atoms. The zero-order valence-electron chi connectivity index (χ0n) is 25.0. The number of piperidine rings is 2. The maximum Gasteiger partial charge on any atom is 0.228 e. The summed E-state index contributed by atoms with van der Waals surface area (Å²) < 4.78 is 13.2. The molecule has 10 heteroatoms. The highest BCUT2D eigenvalue weighted by Crippen LogP contribution is 2.52. The lowest BCUT2D eigenvalue weighted by Gasteiger charge is -2.56. The Morgan fingerprint density at radius 1 is 0.976 bits per heavy atom. The van der Waals surface area contributed by atoms with Crippen molar-refractivity contribution < 1.29 is 14.3 Å². The van der Waals surface area contributed by atoms with Gasteiger partial charge in [0.15, 0.2) is 0 Å². The number of nitrogens with zero attached hydrogens (tertiary/aromatic N) is 1. The molecule has 1 aromatic carbocycles. The smallest absolute Gasteiger partial charge is 0.228 e. The molecule has 0 bridgehead atoms. The lowest BCUT2D eigenvalue weighted by molar-refractivity contribution is -0.182. The number of hydrogen-bond donors (Lipinski definition) is 6. The van der Waals surface area contributed by atoms with Crippen LogP contribution in [0, 0.1) is 17.8 Å². The molecule has 10 nitrogen and oxygen atoms in total. The Bertz CT molecular complexity index is 1070. The summed E-state index contributed by atoms with van der Waals surface area (Å²) in [7, 11) is 0. The van der Waals surface area contributed by atoms with E-state index in [2.05, 4.69) is 49.7 Å². The predicted molar refractivity (Wildman–Crippen MR) is 162 cm³/mol. The second-order valence-electron chi connectivity index (χ2n) is 13.5. The molecule has 1 saturated carbocycles. The van der Waals surface area contributed by atoms with Crippen LogP contribution in [0.25, 0.3) is 0 Å². The number of carbonyl (C=O) groups excluding carboxylic acids is 1. The number of nitrogens with one attached hydrogen (secondary N) is 5. The van der Waals surface area contributed by atoms with Gasteiger partial charge in [-0.2, -0.15) is 0 Å². The van der Waals surface area contributed by atoms with Gasteiger partial charge in [0, 0.05) is 37.3 Å². The summed E-state index contributed by atoms with van der Waals surface area (Å²) in [5, 5.41) is 18.4. The molecule has 0 spiro atoms. The Morgan fingerprint density at radius 2 is 1.81 bits per heavy atom. The van der Waals surface area contributed by atoms with Gasteiger partial charge in [-0.05, 0) is 68.7 Å². The van der Waals surface area contributed by atoms with Gasteiger partial charge in [0.2, 0.25) is 5.91 Å². The zero-order chi connectivity index (χ0) is 28.5. The molecule has 5 aliphatic heterocycles. The molecule has 1 aliphatic carbocycles. The van der Waals surface area contributed by atoms with E-state index in [1.165, 1.54) is 51.4 Å². The molecule has 6 aliphatic rings. The van der Waals surface area contributed by atoms with Gasteiger partial charge in [0.25, 0.3) is 0 Å². The molecule has 1 amide bonds. The maximum absolute atomic E-state index is 13.1. The van der Waals surface area contributed by atoms with E-state index in [4.69, 9.17) is 15.2 Å². The summed E-state index contributed by atoms with van der Waals surface area (Å²) >= 11 is 0. The molecule has 7 N–H and O–H groups in total. The summed E-state index contributed by atoms with van der Waals surface area (Å²) in [6, 6.07) is 8.64. The minimum atomic E-state index is -0.300. The first-order chi connectivity index (χ1) is 20.6. The number of benzene rings is 1. The number of hydrogen-bond acceptors (Lipinski definition) is 9. The third-order valence-electron chi connectivity index (χ3n) is 11.0. The topological polar surface area (TPSA) is 125 Å². The van der Waals surface area contributed by atoms with Crippen LogP contribution >= 0.6 is 0 Å². The third-order valence-corrected chi connectivity index (χ3v) is 11.0. The Kier molecular flexibility index (Phi) is 8.85. The lowest BCUT2D eigenvalue weighted by atomic mass is 9.69. The van der Waals surface area contributed by atoms with Crippen molar-refractivity contribution in [3.05, 3.63) is 29.8 Å². The van der Waals surface area contributed by atoms with Gasteiger partial charge in [0.05, 0.1) is 37.6 Å². The van der Waals surface area contributed by atoms with Gasteiger partial charge in [-0.3, -0.25) is 25.6 Å². The van der Waals surface area contributed by atoms with Gasteiger partial charge in [-0.15, -0.1) is 0 Å². The highest BCUT2D eigenvalue weighted by molar-refractivity contribution is 5.92. The van der Waals surface area contributed by atoms with Crippen LogP contribution < -0.4 is 32.3 Å². The molecule has 8 unspecified atom stereocenters. The van der Waals surface area contributed by atoms with Crippen molar-refractivity contribution in [1.82, 2.24) is 26.2 Å². The van der Waals surface area contributed by atoms with Crippen molar-refractivity contribution in [2.75, 3.05) is 44.7 Å². The van der Waals surface area contributed by atoms with Crippen molar-refractivity contribution in [3.63, 3.8) is 0 Å². The van der Waals surface area contributed by atoms with E-state index in [0.717, 1.165) is 56.9 Å². The first kappa shape index (κ1) is 29.1. The number of nitrogens with two attached hydrogens (primary N) is 1. The van der Waals surface area contributed by atoms with E-state index >= 15 is 0 Å². The van der Waals surface area contributed by atoms with Crippen LogP contribution in [-0.4, -0.2) is 80.4 Å². The second kappa shape index (κ2) is 12.8. The molecule has 1 aromatic rings. The largest absolute Gasteiger partial charge is 0.379 e. The monoisotopic (exact) mass is 581 g/mol. The normalized spacial score (nSPS) is 40.1. The van der Waals surface area contributed by atoms with Crippen LogP contribution in [0.4, 0.5) is 5.69 Å². The van der Waals surface area contributed by atoms with Crippen LogP contribution in [0.15, 0.2) is 24.3 Å². The Labute approximate surface area is 250 Å². The summed E-state index contributed by atoms with van der Waals surface area (Å²) in [5.41, 5.74) is 7.68. The molecule has 0 radical (unpaired) electrons. The molecular weight excluding hydrogens is 530 g/mol. The van der Waals surface area contributed by atoms with E-state index in [-0.39, 0.29) is 48.2 Å². The summed E-state index contributed by atoms with van der Waals surface area (Å²) in [6.07, 6.45) is 11.8. The maximum atomic E-state index is 13.1. The van der Waals surface area contributed by atoms with Gasteiger partial charge in [-0.1, -0.05) is 37.8 Å². The van der Waals surface area contributed by atoms with Gasteiger partial charge < -0.3 is 25.8 Å². The highest BCUT2D eigenvalue weighted by Gasteiger charge is 2.65. The number of morpholine rings is 1. The summed E-state index contributed by atoms with van der Waals surface area (Å²) in [5.74, 6) is 0.948. The molecule has 5 heterocycles. The van der Waals surface area contributed by atoms with E-state index < -0.39 is 0 Å². The highest BCUT2D eigenvalue weighted by atomic mass is 16.5. The Hall–Kier alpha value is -1.63. The number of rotatable bonds is 5. The van der Waals surface area contributed by atoms with Crippen molar-refractivity contribution in [1.29, 1.82) is 0 Å². The van der Waals surface area contributed by atoms with Crippen molar-refractivity contribution >= 4 is 11.6 Å². The summed E-state index contributed by atoms with van der Waals surface area (Å²) in [6.45, 7) is 4.99. The predicted octanol–water partition coefficient (Wildman–Crippen LogP) is 2.19. The van der Waals surface area contributed by atoms with Crippen molar-refractivity contribution in [2.24, 2.45) is 23.5 Å². The summed E-state index contributed by atoms with van der Waals surface area (Å²) in [4.78, 5) is 15.7. The van der Waals surface area contributed by atoms with Gasteiger partial charge in [0.1, 0.15) is 11.8 Å². The molecule has 0 aromatic heterocycles.